The smallest absolute Gasteiger partial charge is 0.305 e. The number of hydrogen-bond donors (Lipinski definition) is 3. The molecule has 0 saturated heterocycles. The Morgan fingerprint density at radius 3 is 2.50 bits per heavy atom. The fourth-order valence-electron chi connectivity index (χ4n) is 3.35. The summed E-state index contributed by atoms with van der Waals surface area (Å²) >= 11 is 1.16. The minimum atomic E-state index is -0.129. The third-order valence-electron chi connectivity index (χ3n) is 4.95. The summed E-state index contributed by atoms with van der Waals surface area (Å²) < 4.78 is 6.58. The number of aromatic amines is 1. The first-order chi connectivity index (χ1) is 14.2. The van der Waals surface area contributed by atoms with Gasteiger partial charge in [-0.3, -0.25) is 4.79 Å². The molecule has 1 aromatic heterocycles. The standard InChI is InChI=1S/C23H30N2O3S.ClH/c26-20-12-11-19(22-21(20)25-23(27)29-22)13-15-24-14-5-7-17-28-16-6-4-10-18-8-2-1-3-9-18;/h1-3,8-9,11-12,24,26H,4-7,10,13-17H2,(H,25,27);1H. The topological polar surface area (TPSA) is 74.4 Å². The van der Waals surface area contributed by atoms with E-state index in [1.165, 1.54) is 12.0 Å². The highest BCUT2D eigenvalue weighted by atomic mass is 35.5. The second-order valence-electron chi connectivity index (χ2n) is 7.22. The minimum Gasteiger partial charge on any atom is -0.506 e. The molecule has 0 aliphatic rings. The second kappa shape index (κ2) is 13.4. The number of phenolic OH excluding ortho intramolecular Hbond substituents is 1. The molecule has 0 spiro atoms. The number of aromatic nitrogens is 1. The van der Waals surface area contributed by atoms with Gasteiger partial charge in [0.1, 0.15) is 11.3 Å². The number of fused-ring (bicyclic) bond motifs is 1. The lowest BCUT2D eigenvalue weighted by Crippen LogP contribution is -2.19. The van der Waals surface area contributed by atoms with Crippen LogP contribution in [0.3, 0.4) is 0 Å². The van der Waals surface area contributed by atoms with Crippen molar-refractivity contribution in [2.24, 2.45) is 0 Å². The van der Waals surface area contributed by atoms with E-state index in [1.54, 1.807) is 6.07 Å². The number of H-pyrrole nitrogens is 1. The van der Waals surface area contributed by atoms with E-state index in [9.17, 15) is 9.90 Å². The number of unbranched alkanes of at least 4 members (excludes halogenated alkanes) is 2. The zero-order chi connectivity index (χ0) is 20.3. The molecule has 0 saturated carbocycles. The number of benzene rings is 2. The SMILES string of the molecule is Cl.O=c1[nH]c2c(O)ccc(CCNCCCCOCCCCc3ccccc3)c2s1. The number of phenols is 1. The van der Waals surface area contributed by atoms with Crippen LogP contribution in [0.15, 0.2) is 47.3 Å². The van der Waals surface area contributed by atoms with Crippen LogP contribution < -0.4 is 10.2 Å². The first-order valence-electron chi connectivity index (χ1n) is 10.4. The van der Waals surface area contributed by atoms with Crippen LogP contribution in [0, 0.1) is 0 Å². The minimum absolute atomic E-state index is 0. The van der Waals surface area contributed by atoms with Gasteiger partial charge in [-0.05, 0) is 68.8 Å². The molecule has 0 radical (unpaired) electrons. The van der Waals surface area contributed by atoms with Crippen molar-refractivity contribution in [1.29, 1.82) is 0 Å². The first kappa shape index (κ1) is 24.4. The summed E-state index contributed by atoms with van der Waals surface area (Å²) in [5, 5.41) is 13.3. The van der Waals surface area contributed by atoms with Crippen molar-refractivity contribution < 1.29 is 9.84 Å². The number of hydrogen-bond acceptors (Lipinski definition) is 5. The van der Waals surface area contributed by atoms with Gasteiger partial charge in [0.25, 0.3) is 0 Å². The lowest BCUT2D eigenvalue weighted by atomic mass is 10.1. The van der Waals surface area contributed by atoms with Crippen LogP contribution in [0.1, 0.15) is 36.8 Å². The molecule has 0 fully saturated rings. The summed E-state index contributed by atoms with van der Waals surface area (Å²) in [5.41, 5.74) is 3.04. The predicted molar refractivity (Wildman–Crippen MR) is 127 cm³/mol. The zero-order valence-corrected chi connectivity index (χ0v) is 18.8. The quantitative estimate of drug-likeness (QED) is 0.331. The summed E-state index contributed by atoms with van der Waals surface area (Å²) in [6.07, 6.45) is 6.40. The molecule has 164 valence electrons. The zero-order valence-electron chi connectivity index (χ0n) is 17.2. The Bertz CT molecular complexity index is 927. The Morgan fingerprint density at radius 2 is 1.70 bits per heavy atom. The molecule has 0 aliphatic heterocycles. The number of aryl methyl sites for hydroxylation is 1. The predicted octanol–water partition coefficient (Wildman–Crippen LogP) is 4.67. The first-order valence-corrected chi connectivity index (χ1v) is 11.2. The molecule has 0 atom stereocenters. The van der Waals surface area contributed by atoms with Crippen LogP contribution in [0.4, 0.5) is 0 Å². The lowest BCUT2D eigenvalue weighted by Gasteiger charge is -2.07. The van der Waals surface area contributed by atoms with Gasteiger partial charge in [-0.25, -0.2) is 0 Å². The van der Waals surface area contributed by atoms with Crippen molar-refractivity contribution in [2.45, 2.75) is 38.5 Å². The molecular weight excluding hydrogens is 420 g/mol. The summed E-state index contributed by atoms with van der Waals surface area (Å²) in [7, 11) is 0. The van der Waals surface area contributed by atoms with Gasteiger partial charge in [-0.1, -0.05) is 47.7 Å². The number of aromatic hydroxyl groups is 1. The van der Waals surface area contributed by atoms with Crippen molar-refractivity contribution in [2.75, 3.05) is 26.3 Å². The maximum atomic E-state index is 11.5. The third kappa shape index (κ3) is 7.76. The van der Waals surface area contributed by atoms with Crippen LogP contribution >= 0.6 is 23.7 Å². The van der Waals surface area contributed by atoms with E-state index in [2.05, 4.69) is 40.6 Å². The van der Waals surface area contributed by atoms with E-state index in [0.717, 1.165) is 80.0 Å². The van der Waals surface area contributed by atoms with Gasteiger partial charge in [-0.2, -0.15) is 0 Å². The average Bonchev–Trinajstić information content (AvgIpc) is 3.13. The molecule has 5 nitrogen and oxygen atoms in total. The Labute approximate surface area is 187 Å². The van der Waals surface area contributed by atoms with Crippen molar-refractivity contribution in [3.63, 3.8) is 0 Å². The highest BCUT2D eigenvalue weighted by molar-refractivity contribution is 7.16. The summed E-state index contributed by atoms with van der Waals surface area (Å²) in [5.74, 6) is 0.134. The van der Waals surface area contributed by atoms with Crippen LogP contribution in [-0.4, -0.2) is 36.4 Å². The molecule has 0 unspecified atom stereocenters. The van der Waals surface area contributed by atoms with E-state index < -0.39 is 0 Å². The number of thiazole rings is 1. The molecule has 30 heavy (non-hydrogen) atoms. The van der Waals surface area contributed by atoms with E-state index in [4.69, 9.17) is 4.74 Å². The lowest BCUT2D eigenvalue weighted by molar-refractivity contribution is 0.127. The van der Waals surface area contributed by atoms with Crippen molar-refractivity contribution >= 4 is 34.0 Å². The second-order valence-corrected chi connectivity index (χ2v) is 8.21. The summed E-state index contributed by atoms with van der Waals surface area (Å²) in [6.45, 7) is 3.48. The van der Waals surface area contributed by atoms with Gasteiger partial charge in [-0.15, -0.1) is 12.4 Å². The highest BCUT2D eigenvalue weighted by Gasteiger charge is 2.09. The average molecular weight is 451 g/mol. The number of nitrogens with one attached hydrogen (secondary N) is 2. The van der Waals surface area contributed by atoms with Crippen molar-refractivity contribution in [1.82, 2.24) is 10.3 Å². The van der Waals surface area contributed by atoms with Gasteiger partial charge < -0.3 is 20.1 Å². The molecule has 0 bridgehead atoms. The number of rotatable bonds is 13. The molecule has 3 N–H and O–H groups in total. The fourth-order valence-corrected chi connectivity index (χ4v) is 4.25. The molecule has 0 amide bonds. The van der Waals surface area contributed by atoms with Gasteiger partial charge in [0.05, 0.1) is 4.70 Å². The Kier molecular flexibility index (Phi) is 10.9. The van der Waals surface area contributed by atoms with Crippen LogP contribution in [0.2, 0.25) is 0 Å². The number of halogens is 1. The Hall–Kier alpha value is -1.86. The third-order valence-corrected chi connectivity index (χ3v) is 5.91. The largest absolute Gasteiger partial charge is 0.506 e. The number of ether oxygens (including phenoxy) is 1. The summed E-state index contributed by atoms with van der Waals surface area (Å²) in [4.78, 5) is 14.1. The Balaban J connectivity index is 0.00000320. The fraction of sp³-hybridized carbons (Fsp3) is 0.435. The van der Waals surface area contributed by atoms with Gasteiger partial charge in [0.15, 0.2) is 0 Å². The molecule has 3 aromatic rings. The van der Waals surface area contributed by atoms with Gasteiger partial charge in [0.2, 0.25) is 0 Å². The normalized spacial score (nSPS) is 10.9. The van der Waals surface area contributed by atoms with E-state index in [0.29, 0.717) is 5.52 Å². The van der Waals surface area contributed by atoms with Crippen molar-refractivity contribution in [3.05, 3.63) is 63.3 Å². The Morgan fingerprint density at radius 1 is 0.933 bits per heavy atom. The van der Waals surface area contributed by atoms with Gasteiger partial charge >= 0.3 is 4.87 Å². The van der Waals surface area contributed by atoms with Crippen LogP contribution in [0.5, 0.6) is 5.75 Å². The highest BCUT2D eigenvalue weighted by Crippen LogP contribution is 2.27. The molecule has 0 aliphatic carbocycles. The molecule has 2 aromatic carbocycles. The van der Waals surface area contributed by atoms with Crippen LogP contribution in [0.25, 0.3) is 10.2 Å². The van der Waals surface area contributed by atoms with E-state index >= 15 is 0 Å². The molecule has 3 rings (SSSR count). The molecule has 1 heterocycles. The molecule has 7 heteroatoms. The van der Waals surface area contributed by atoms with Gasteiger partial charge in [0, 0.05) is 13.2 Å². The summed E-state index contributed by atoms with van der Waals surface area (Å²) in [6, 6.07) is 14.1. The van der Waals surface area contributed by atoms with E-state index in [1.807, 2.05) is 6.07 Å². The van der Waals surface area contributed by atoms with Crippen LogP contribution in [-0.2, 0) is 17.6 Å². The maximum absolute atomic E-state index is 11.5. The van der Waals surface area contributed by atoms with Crippen molar-refractivity contribution in [3.8, 4) is 5.75 Å². The monoisotopic (exact) mass is 450 g/mol. The van der Waals surface area contributed by atoms with E-state index in [-0.39, 0.29) is 23.0 Å². The maximum Gasteiger partial charge on any atom is 0.305 e. The molecular formula is C23H31ClN2O3S.